The van der Waals surface area contributed by atoms with Crippen molar-refractivity contribution in [2.75, 3.05) is 0 Å². The number of allylic oxidation sites excluding steroid dienone is 1. The molecule has 15 heavy (non-hydrogen) atoms. The smallest absolute Gasteiger partial charge is 0.175 e. The molecule has 2 aliphatic rings. The predicted octanol–water partition coefficient (Wildman–Crippen LogP) is 1.26. The second kappa shape index (κ2) is 3.19. The monoisotopic (exact) mass is 228 g/mol. The lowest BCUT2D eigenvalue weighted by Crippen LogP contribution is -2.33. The first-order chi connectivity index (χ1) is 6.91. The van der Waals surface area contributed by atoms with E-state index in [-0.39, 0.29) is 11.8 Å². The lowest BCUT2D eigenvalue weighted by molar-refractivity contribution is 0.0681. The highest BCUT2D eigenvalue weighted by atomic mass is 32.2. The molecule has 0 unspecified atom stereocenters. The van der Waals surface area contributed by atoms with Crippen LogP contribution in [-0.4, -0.2) is 24.4 Å². The van der Waals surface area contributed by atoms with E-state index < -0.39 is 20.7 Å². The number of fused-ring (bicyclic) bond motifs is 1. The molecule has 4 atom stereocenters. The Bertz CT molecular complexity index is 421. The van der Waals surface area contributed by atoms with E-state index in [9.17, 15) is 13.5 Å². The fourth-order valence-electron chi connectivity index (χ4n) is 2.96. The summed E-state index contributed by atoms with van der Waals surface area (Å²) in [5.41, 5.74) is -0.973. The van der Waals surface area contributed by atoms with Crippen molar-refractivity contribution in [2.24, 2.45) is 11.8 Å². The molecule has 84 valence electrons. The minimum absolute atomic E-state index is 0.0104. The lowest BCUT2D eigenvalue weighted by Gasteiger charge is -2.23. The zero-order valence-electron chi connectivity index (χ0n) is 8.92. The number of hydrogen-bond donors (Lipinski definition) is 1. The Hall–Kier alpha value is -0.610. The van der Waals surface area contributed by atoms with E-state index in [0.29, 0.717) is 6.42 Å². The number of aliphatic hydroxyl groups is 1. The Balaban J connectivity index is 2.44. The molecule has 3 nitrogen and oxygen atoms in total. The highest BCUT2D eigenvalue weighted by molar-refractivity contribution is 7.95. The van der Waals surface area contributed by atoms with E-state index in [1.165, 1.54) is 5.41 Å². The molecule has 1 aliphatic carbocycles. The van der Waals surface area contributed by atoms with Crippen LogP contribution in [0, 0.1) is 11.8 Å². The Labute approximate surface area is 90.4 Å². The van der Waals surface area contributed by atoms with Crippen LogP contribution in [0.3, 0.4) is 0 Å². The van der Waals surface area contributed by atoms with Gasteiger partial charge >= 0.3 is 0 Å². The van der Waals surface area contributed by atoms with Crippen LogP contribution < -0.4 is 0 Å². The van der Waals surface area contributed by atoms with E-state index in [1.54, 1.807) is 18.2 Å². The minimum atomic E-state index is -3.14. The molecule has 2 rings (SSSR count). The van der Waals surface area contributed by atoms with Gasteiger partial charge in [0.15, 0.2) is 9.84 Å². The van der Waals surface area contributed by atoms with Crippen molar-refractivity contribution in [1.82, 2.24) is 0 Å². The summed E-state index contributed by atoms with van der Waals surface area (Å²) < 4.78 is 23.4. The van der Waals surface area contributed by atoms with Crippen LogP contribution in [0.25, 0.3) is 0 Å². The van der Waals surface area contributed by atoms with Crippen LogP contribution in [0.5, 0.6) is 0 Å². The summed E-state index contributed by atoms with van der Waals surface area (Å²) in [6, 6.07) is 0. The zero-order chi connectivity index (χ0) is 11.3. The van der Waals surface area contributed by atoms with Crippen molar-refractivity contribution in [3.8, 4) is 0 Å². The summed E-state index contributed by atoms with van der Waals surface area (Å²) in [4.78, 5) is 0. The third kappa shape index (κ3) is 1.47. The van der Waals surface area contributed by atoms with Crippen molar-refractivity contribution >= 4 is 9.84 Å². The van der Waals surface area contributed by atoms with Gasteiger partial charge < -0.3 is 5.11 Å². The van der Waals surface area contributed by atoms with E-state index >= 15 is 0 Å². The summed E-state index contributed by atoms with van der Waals surface area (Å²) in [6.07, 6.45) is 5.67. The molecule has 0 radical (unpaired) electrons. The van der Waals surface area contributed by atoms with Crippen LogP contribution in [-0.2, 0) is 9.84 Å². The van der Waals surface area contributed by atoms with Crippen LogP contribution in [0.2, 0.25) is 0 Å². The van der Waals surface area contributed by atoms with Gasteiger partial charge in [-0.25, -0.2) is 8.42 Å². The fraction of sp³-hybridized carbons (Fsp3) is 0.636. The first-order valence-corrected chi connectivity index (χ1v) is 6.80. The van der Waals surface area contributed by atoms with Crippen molar-refractivity contribution in [3.63, 3.8) is 0 Å². The van der Waals surface area contributed by atoms with Gasteiger partial charge in [-0.15, -0.1) is 0 Å². The number of hydrogen-bond acceptors (Lipinski definition) is 3. The molecule has 1 aliphatic heterocycles. The Morgan fingerprint density at radius 1 is 1.53 bits per heavy atom. The molecule has 1 saturated carbocycles. The Morgan fingerprint density at radius 3 is 2.80 bits per heavy atom. The van der Waals surface area contributed by atoms with Gasteiger partial charge in [0.25, 0.3) is 0 Å². The van der Waals surface area contributed by atoms with Gasteiger partial charge in [0.05, 0.1) is 10.9 Å². The standard InChI is InChI=1S/C11H16O3S/c1-3-5-11(12)7-8(2)10-9(11)4-6-15(10,13)14/h3-6,8-10,12H,7H2,1-2H3/t8-,9+,10+,11-/m1/s1. The van der Waals surface area contributed by atoms with Gasteiger partial charge in [-0.2, -0.15) is 0 Å². The second-order valence-corrected chi connectivity index (χ2v) is 6.58. The first kappa shape index (κ1) is 10.9. The average Bonchev–Trinajstić information content (AvgIpc) is 2.53. The molecule has 0 bridgehead atoms. The molecule has 1 N–H and O–H groups in total. The van der Waals surface area contributed by atoms with Crippen LogP contribution in [0.4, 0.5) is 0 Å². The summed E-state index contributed by atoms with van der Waals surface area (Å²) in [5.74, 6) is -0.259. The van der Waals surface area contributed by atoms with Crippen molar-refractivity contribution in [2.45, 2.75) is 31.1 Å². The summed E-state index contributed by atoms with van der Waals surface area (Å²) in [5, 5.41) is 11.2. The van der Waals surface area contributed by atoms with Crippen LogP contribution in [0.15, 0.2) is 23.6 Å². The molecular weight excluding hydrogens is 212 g/mol. The largest absolute Gasteiger partial charge is 0.385 e. The number of rotatable bonds is 1. The van der Waals surface area contributed by atoms with Gasteiger partial charge in [-0.1, -0.05) is 25.2 Å². The summed E-state index contributed by atoms with van der Waals surface area (Å²) in [6.45, 7) is 3.73. The zero-order valence-corrected chi connectivity index (χ0v) is 9.74. The predicted molar refractivity (Wildman–Crippen MR) is 58.9 cm³/mol. The molecule has 0 amide bonds. The highest BCUT2D eigenvalue weighted by Gasteiger charge is 2.55. The van der Waals surface area contributed by atoms with E-state index in [2.05, 4.69) is 0 Å². The molecule has 0 spiro atoms. The maximum Gasteiger partial charge on any atom is 0.175 e. The molecule has 0 aromatic rings. The normalized spacial score (nSPS) is 47.5. The molecule has 1 fully saturated rings. The quantitative estimate of drug-likeness (QED) is 0.687. The molecule has 0 aromatic heterocycles. The Kier molecular flexibility index (Phi) is 2.32. The second-order valence-electron chi connectivity index (χ2n) is 4.58. The van der Waals surface area contributed by atoms with Gasteiger partial charge in [0.1, 0.15) is 0 Å². The molecule has 0 aromatic carbocycles. The molecule has 0 saturated heterocycles. The topological polar surface area (TPSA) is 54.4 Å². The third-order valence-electron chi connectivity index (χ3n) is 3.45. The van der Waals surface area contributed by atoms with Crippen LogP contribution in [0.1, 0.15) is 20.3 Å². The maximum absolute atomic E-state index is 11.7. The van der Waals surface area contributed by atoms with Gasteiger partial charge in [-0.3, -0.25) is 0 Å². The van der Waals surface area contributed by atoms with Crippen LogP contribution >= 0.6 is 0 Å². The SMILES string of the molecule is CC=C[C@@]1(O)C[C@@H](C)[C@H]2[C@@H]1C=CS2(=O)=O. The van der Waals surface area contributed by atoms with Crippen molar-refractivity contribution < 1.29 is 13.5 Å². The van der Waals surface area contributed by atoms with E-state index in [4.69, 9.17) is 0 Å². The van der Waals surface area contributed by atoms with E-state index in [0.717, 1.165) is 0 Å². The lowest BCUT2D eigenvalue weighted by atomic mass is 9.90. The maximum atomic E-state index is 11.7. The van der Waals surface area contributed by atoms with Gasteiger partial charge in [0.2, 0.25) is 0 Å². The average molecular weight is 228 g/mol. The molecule has 1 heterocycles. The molecular formula is C11H16O3S. The van der Waals surface area contributed by atoms with Gasteiger partial charge in [-0.05, 0) is 19.3 Å². The summed E-state index contributed by atoms with van der Waals surface area (Å²) >= 11 is 0. The van der Waals surface area contributed by atoms with E-state index in [1.807, 2.05) is 13.8 Å². The Morgan fingerprint density at radius 2 is 2.20 bits per heavy atom. The van der Waals surface area contributed by atoms with Crippen molar-refractivity contribution in [1.29, 1.82) is 0 Å². The molecule has 4 heteroatoms. The van der Waals surface area contributed by atoms with Gasteiger partial charge in [0, 0.05) is 11.3 Å². The first-order valence-electron chi connectivity index (χ1n) is 5.19. The fourth-order valence-corrected chi connectivity index (χ4v) is 5.01. The van der Waals surface area contributed by atoms with Crippen molar-refractivity contribution in [3.05, 3.63) is 23.6 Å². The highest BCUT2D eigenvalue weighted by Crippen LogP contribution is 2.48. The minimum Gasteiger partial charge on any atom is -0.385 e. The number of sulfone groups is 1. The third-order valence-corrected chi connectivity index (χ3v) is 5.50. The summed E-state index contributed by atoms with van der Waals surface area (Å²) in [7, 11) is -3.14.